The Morgan fingerprint density at radius 3 is 2.35 bits per heavy atom. The van der Waals surface area contributed by atoms with Gasteiger partial charge in [0.2, 0.25) is 0 Å². The fourth-order valence-electron chi connectivity index (χ4n) is 2.46. The van der Waals surface area contributed by atoms with Gasteiger partial charge in [0.15, 0.2) is 0 Å². The zero-order chi connectivity index (χ0) is 17.0. The molecule has 0 aliphatic carbocycles. The third-order valence-electron chi connectivity index (χ3n) is 3.85. The summed E-state index contributed by atoms with van der Waals surface area (Å²) in [5.41, 5.74) is 3.14. The number of carbonyl (C=O) groups is 1. The fourth-order valence-corrected chi connectivity index (χ4v) is 2.46. The van der Waals surface area contributed by atoms with Gasteiger partial charge in [-0.25, -0.2) is 0 Å². The molecular weight excluding hydrogens is 292 g/mol. The van der Waals surface area contributed by atoms with Gasteiger partial charge < -0.3 is 5.32 Å². The summed E-state index contributed by atoms with van der Waals surface area (Å²) in [6.07, 6.45) is 0.765. The topological polar surface area (TPSA) is 72.2 Å². The predicted molar refractivity (Wildman–Crippen MR) is 89.5 cm³/mol. The third-order valence-corrected chi connectivity index (χ3v) is 3.85. The SMILES string of the molecule is CC[C@H](NC(=O)c1ccc([N+](=O)[O-])c(C)c1)c1ccc(C)cc1. The first-order chi connectivity index (χ1) is 10.9. The Balaban J connectivity index is 2.18. The van der Waals surface area contributed by atoms with Gasteiger partial charge in [-0.1, -0.05) is 36.8 Å². The average molecular weight is 312 g/mol. The summed E-state index contributed by atoms with van der Waals surface area (Å²) in [5.74, 6) is -0.226. The van der Waals surface area contributed by atoms with Crippen molar-refractivity contribution in [2.75, 3.05) is 0 Å². The van der Waals surface area contributed by atoms with Crippen molar-refractivity contribution >= 4 is 11.6 Å². The van der Waals surface area contributed by atoms with Crippen LogP contribution in [0.3, 0.4) is 0 Å². The van der Waals surface area contributed by atoms with Crippen molar-refractivity contribution in [3.8, 4) is 0 Å². The minimum atomic E-state index is -0.446. The summed E-state index contributed by atoms with van der Waals surface area (Å²) < 4.78 is 0. The molecule has 0 spiro atoms. The highest BCUT2D eigenvalue weighted by atomic mass is 16.6. The molecule has 1 amide bonds. The normalized spacial score (nSPS) is 11.8. The fraction of sp³-hybridized carbons (Fsp3) is 0.278. The Labute approximate surface area is 135 Å². The molecule has 120 valence electrons. The van der Waals surface area contributed by atoms with Crippen molar-refractivity contribution in [3.05, 3.63) is 74.8 Å². The van der Waals surface area contributed by atoms with Gasteiger partial charge in [0, 0.05) is 17.2 Å². The molecule has 0 bridgehead atoms. The van der Waals surface area contributed by atoms with Crippen LogP contribution >= 0.6 is 0 Å². The molecular formula is C18H20N2O3. The van der Waals surface area contributed by atoms with Gasteiger partial charge in [0.1, 0.15) is 0 Å². The molecule has 5 nitrogen and oxygen atoms in total. The van der Waals surface area contributed by atoms with Crippen molar-refractivity contribution in [3.63, 3.8) is 0 Å². The second kappa shape index (κ2) is 7.05. The number of rotatable bonds is 5. The number of amides is 1. The van der Waals surface area contributed by atoms with E-state index in [9.17, 15) is 14.9 Å². The summed E-state index contributed by atoms with van der Waals surface area (Å²) >= 11 is 0. The number of nitro groups is 1. The van der Waals surface area contributed by atoms with Crippen LogP contribution in [0.5, 0.6) is 0 Å². The molecule has 0 saturated heterocycles. The quantitative estimate of drug-likeness (QED) is 0.667. The maximum absolute atomic E-state index is 12.4. The lowest BCUT2D eigenvalue weighted by Crippen LogP contribution is -2.28. The third kappa shape index (κ3) is 3.94. The second-order valence-electron chi connectivity index (χ2n) is 5.60. The van der Waals surface area contributed by atoms with Crippen LogP contribution in [-0.2, 0) is 0 Å². The number of aryl methyl sites for hydroxylation is 2. The Kier molecular flexibility index (Phi) is 5.11. The largest absolute Gasteiger partial charge is 0.345 e. The number of benzene rings is 2. The Morgan fingerprint density at radius 1 is 1.17 bits per heavy atom. The van der Waals surface area contributed by atoms with Crippen LogP contribution in [0.4, 0.5) is 5.69 Å². The van der Waals surface area contributed by atoms with E-state index in [0.29, 0.717) is 11.1 Å². The van der Waals surface area contributed by atoms with Crippen LogP contribution in [0, 0.1) is 24.0 Å². The van der Waals surface area contributed by atoms with Gasteiger partial charge in [-0.3, -0.25) is 14.9 Å². The van der Waals surface area contributed by atoms with E-state index in [4.69, 9.17) is 0 Å². The lowest BCUT2D eigenvalue weighted by molar-refractivity contribution is -0.385. The minimum Gasteiger partial charge on any atom is -0.345 e. The van der Waals surface area contributed by atoms with Crippen molar-refractivity contribution in [2.24, 2.45) is 0 Å². The van der Waals surface area contributed by atoms with E-state index < -0.39 is 4.92 Å². The zero-order valence-corrected chi connectivity index (χ0v) is 13.5. The monoisotopic (exact) mass is 312 g/mol. The van der Waals surface area contributed by atoms with Crippen LogP contribution in [0.15, 0.2) is 42.5 Å². The van der Waals surface area contributed by atoms with Crippen molar-refractivity contribution in [1.82, 2.24) is 5.32 Å². The Bertz CT molecular complexity index is 724. The smallest absolute Gasteiger partial charge is 0.272 e. The average Bonchev–Trinajstić information content (AvgIpc) is 2.52. The molecule has 0 saturated carbocycles. The highest BCUT2D eigenvalue weighted by Crippen LogP contribution is 2.21. The molecule has 2 aromatic rings. The van der Waals surface area contributed by atoms with Crippen LogP contribution in [0.1, 0.15) is 46.4 Å². The lowest BCUT2D eigenvalue weighted by atomic mass is 10.0. The Morgan fingerprint density at radius 2 is 1.83 bits per heavy atom. The molecule has 23 heavy (non-hydrogen) atoms. The standard InChI is InChI=1S/C18H20N2O3/c1-4-16(14-7-5-12(2)6-8-14)19-18(21)15-9-10-17(20(22)23)13(3)11-15/h5-11,16H,4H2,1-3H3,(H,19,21)/t16-/m0/s1. The first-order valence-electron chi connectivity index (χ1n) is 7.54. The molecule has 0 unspecified atom stereocenters. The number of hydrogen-bond donors (Lipinski definition) is 1. The zero-order valence-electron chi connectivity index (χ0n) is 13.5. The van der Waals surface area contributed by atoms with Crippen molar-refractivity contribution in [1.29, 1.82) is 0 Å². The summed E-state index contributed by atoms with van der Waals surface area (Å²) in [6.45, 7) is 5.65. The molecule has 1 atom stereocenters. The van der Waals surface area contributed by atoms with Crippen molar-refractivity contribution in [2.45, 2.75) is 33.2 Å². The summed E-state index contributed by atoms with van der Waals surface area (Å²) in [4.78, 5) is 22.8. The number of nitrogens with zero attached hydrogens (tertiary/aromatic N) is 1. The first kappa shape index (κ1) is 16.7. The molecule has 5 heteroatoms. The molecule has 0 aromatic heterocycles. The molecule has 0 fully saturated rings. The molecule has 0 aliphatic rings. The second-order valence-corrected chi connectivity index (χ2v) is 5.60. The van der Waals surface area contributed by atoms with E-state index in [1.54, 1.807) is 13.0 Å². The van der Waals surface area contributed by atoms with Gasteiger partial charge in [0.05, 0.1) is 11.0 Å². The minimum absolute atomic E-state index is 0.0205. The number of carbonyl (C=O) groups excluding carboxylic acids is 1. The van der Waals surface area contributed by atoms with Gasteiger partial charge >= 0.3 is 0 Å². The first-order valence-corrected chi connectivity index (χ1v) is 7.54. The molecule has 0 heterocycles. The highest BCUT2D eigenvalue weighted by Gasteiger charge is 2.17. The Hall–Kier alpha value is -2.69. The maximum Gasteiger partial charge on any atom is 0.272 e. The van der Waals surface area contributed by atoms with Crippen LogP contribution in [0.2, 0.25) is 0 Å². The van der Waals surface area contributed by atoms with E-state index in [2.05, 4.69) is 5.32 Å². The van der Waals surface area contributed by atoms with E-state index in [0.717, 1.165) is 12.0 Å². The predicted octanol–water partition coefficient (Wildman–Crippen LogP) is 4.09. The van der Waals surface area contributed by atoms with Gasteiger partial charge in [-0.15, -0.1) is 0 Å². The highest BCUT2D eigenvalue weighted by molar-refractivity contribution is 5.95. The van der Waals surface area contributed by atoms with Gasteiger partial charge in [-0.2, -0.15) is 0 Å². The van der Waals surface area contributed by atoms with Gasteiger partial charge in [0.25, 0.3) is 11.6 Å². The molecule has 0 aliphatic heterocycles. The van der Waals surface area contributed by atoms with E-state index in [1.807, 2.05) is 38.1 Å². The number of hydrogen-bond acceptors (Lipinski definition) is 3. The van der Waals surface area contributed by atoms with Crippen LogP contribution in [0.25, 0.3) is 0 Å². The molecule has 1 N–H and O–H groups in total. The van der Waals surface area contributed by atoms with Crippen molar-refractivity contribution < 1.29 is 9.72 Å². The summed E-state index contributed by atoms with van der Waals surface area (Å²) in [5, 5.41) is 13.8. The molecule has 2 rings (SSSR count). The lowest BCUT2D eigenvalue weighted by Gasteiger charge is -2.18. The number of nitrogens with one attached hydrogen (secondary N) is 1. The van der Waals surface area contributed by atoms with Gasteiger partial charge in [-0.05, 0) is 38.0 Å². The van der Waals surface area contributed by atoms with Crippen LogP contribution < -0.4 is 5.32 Å². The van der Waals surface area contributed by atoms with E-state index >= 15 is 0 Å². The molecule has 2 aromatic carbocycles. The van der Waals surface area contributed by atoms with E-state index in [-0.39, 0.29) is 17.6 Å². The number of nitro benzene ring substituents is 1. The molecule has 0 radical (unpaired) electrons. The van der Waals surface area contributed by atoms with E-state index in [1.165, 1.54) is 17.7 Å². The van der Waals surface area contributed by atoms with Crippen LogP contribution in [-0.4, -0.2) is 10.8 Å². The maximum atomic E-state index is 12.4. The summed E-state index contributed by atoms with van der Waals surface area (Å²) in [7, 11) is 0. The summed E-state index contributed by atoms with van der Waals surface area (Å²) in [6, 6.07) is 12.4.